The monoisotopic (exact) mass is 241 g/mol. The number of hydrogen-bond acceptors (Lipinski definition) is 3. The molecule has 0 aromatic heterocycles. The van der Waals surface area contributed by atoms with Crippen LogP contribution in [0.1, 0.15) is 6.42 Å². The molecule has 88 valence electrons. The standard InChI is InChI=1S/C12H16ClNO2/c1-15-12-6-10(2-3-11(12)13)14-7-9-4-5-16-8-9/h2-3,6,9,14H,4-5,7-8H2,1H3. The molecule has 16 heavy (non-hydrogen) atoms. The highest BCUT2D eigenvalue weighted by Crippen LogP contribution is 2.27. The van der Waals surface area contributed by atoms with Gasteiger partial charge in [0.1, 0.15) is 5.75 Å². The Morgan fingerprint density at radius 1 is 1.56 bits per heavy atom. The smallest absolute Gasteiger partial charge is 0.139 e. The lowest BCUT2D eigenvalue weighted by atomic mass is 10.1. The first-order valence-electron chi connectivity index (χ1n) is 5.45. The third-order valence-corrected chi connectivity index (χ3v) is 3.08. The predicted octanol–water partition coefficient (Wildman–Crippen LogP) is 2.80. The summed E-state index contributed by atoms with van der Waals surface area (Å²) in [5, 5.41) is 4.01. The van der Waals surface area contributed by atoms with E-state index in [4.69, 9.17) is 21.1 Å². The van der Waals surface area contributed by atoms with Gasteiger partial charge >= 0.3 is 0 Å². The Morgan fingerprint density at radius 3 is 3.12 bits per heavy atom. The molecule has 1 aliphatic heterocycles. The van der Waals surface area contributed by atoms with Crippen LogP contribution in [0.25, 0.3) is 0 Å². The Balaban J connectivity index is 1.93. The van der Waals surface area contributed by atoms with Crippen LogP contribution in [0.5, 0.6) is 5.75 Å². The van der Waals surface area contributed by atoms with Gasteiger partial charge in [0.15, 0.2) is 0 Å². The van der Waals surface area contributed by atoms with E-state index in [2.05, 4.69) is 5.32 Å². The molecule has 1 aliphatic rings. The number of rotatable bonds is 4. The van der Waals surface area contributed by atoms with Gasteiger partial charge < -0.3 is 14.8 Å². The van der Waals surface area contributed by atoms with Gasteiger partial charge in [-0.25, -0.2) is 0 Å². The Hall–Kier alpha value is -0.930. The molecule has 1 heterocycles. The Morgan fingerprint density at radius 2 is 2.44 bits per heavy atom. The quantitative estimate of drug-likeness (QED) is 0.879. The molecule has 1 fully saturated rings. The summed E-state index contributed by atoms with van der Waals surface area (Å²) in [5.41, 5.74) is 1.04. The summed E-state index contributed by atoms with van der Waals surface area (Å²) >= 11 is 5.95. The van der Waals surface area contributed by atoms with Gasteiger partial charge in [-0.1, -0.05) is 11.6 Å². The highest BCUT2D eigenvalue weighted by molar-refractivity contribution is 6.32. The van der Waals surface area contributed by atoms with Crippen LogP contribution in [0.3, 0.4) is 0 Å². The van der Waals surface area contributed by atoms with E-state index in [-0.39, 0.29) is 0 Å². The molecule has 4 heteroatoms. The Bertz CT molecular complexity index is 351. The second-order valence-corrected chi connectivity index (χ2v) is 4.37. The van der Waals surface area contributed by atoms with Crippen molar-refractivity contribution in [2.75, 3.05) is 32.2 Å². The van der Waals surface area contributed by atoms with E-state index >= 15 is 0 Å². The van der Waals surface area contributed by atoms with E-state index in [0.717, 1.165) is 31.9 Å². The van der Waals surface area contributed by atoms with E-state index in [9.17, 15) is 0 Å². The summed E-state index contributed by atoms with van der Waals surface area (Å²) in [5.74, 6) is 1.32. The van der Waals surface area contributed by atoms with Crippen molar-refractivity contribution in [3.63, 3.8) is 0 Å². The molecule has 0 saturated carbocycles. The maximum Gasteiger partial charge on any atom is 0.139 e. The minimum atomic E-state index is 0.613. The summed E-state index contributed by atoms with van der Waals surface area (Å²) in [7, 11) is 1.62. The summed E-state index contributed by atoms with van der Waals surface area (Å²) in [4.78, 5) is 0. The first kappa shape index (κ1) is 11.6. The summed E-state index contributed by atoms with van der Waals surface area (Å²) in [6.45, 7) is 2.68. The van der Waals surface area contributed by atoms with Crippen molar-refractivity contribution in [3.05, 3.63) is 23.2 Å². The predicted molar refractivity (Wildman–Crippen MR) is 65.4 cm³/mol. The van der Waals surface area contributed by atoms with Crippen molar-refractivity contribution in [1.29, 1.82) is 0 Å². The van der Waals surface area contributed by atoms with Gasteiger partial charge in [0, 0.05) is 30.8 Å². The van der Waals surface area contributed by atoms with Crippen molar-refractivity contribution in [3.8, 4) is 5.75 Å². The van der Waals surface area contributed by atoms with E-state index < -0.39 is 0 Å². The Kier molecular flexibility index (Phi) is 3.91. The van der Waals surface area contributed by atoms with Gasteiger partial charge in [0.25, 0.3) is 0 Å². The number of hydrogen-bond donors (Lipinski definition) is 1. The van der Waals surface area contributed by atoms with Crippen LogP contribution in [0.15, 0.2) is 18.2 Å². The molecular weight excluding hydrogens is 226 g/mol. The first-order chi connectivity index (χ1) is 7.79. The van der Waals surface area contributed by atoms with Gasteiger partial charge in [0.2, 0.25) is 0 Å². The fraction of sp³-hybridized carbons (Fsp3) is 0.500. The van der Waals surface area contributed by atoms with E-state index in [1.807, 2.05) is 18.2 Å². The molecular formula is C12H16ClNO2. The second-order valence-electron chi connectivity index (χ2n) is 3.96. The van der Waals surface area contributed by atoms with Crippen molar-refractivity contribution in [1.82, 2.24) is 0 Å². The Labute approximate surface area is 101 Å². The molecule has 0 bridgehead atoms. The molecule has 2 rings (SSSR count). The third kappa shape index (κ3) is 2.80. The SMILES string of the molecule is COc1cc(NCC2CCOC2)ccc1Cl. The zero-order valence-electron chi connectivity index (χ0n) is 9.33. The highest BCUT2D eigenvalue weighted by atomic mass is 35.5. The average molecular weight is 242 g/mol. The van der Waals surface area contributed by atoms with E-state index in [1.54, 1.807) is 7.11 Å². The van der Waals surface area contributed by atoms with Crippen LogP contribution >= 0.6 is 11.6 Å². The van der Waals surface area contributed by atoms with Gasteiger partial charge in [-0.15, -0.1) is 0 Å². The fourth-order valence-corrected chi connectivity index (χ4v) is 1.97. The lowest BCUT2D eigenvalue weighted by molar-refractivity contribution is 0.187. The number of methoxy groups -OCH3 is 1. The van der Waals surface area contributed by atoms with Gasteiger partial charge in [0.05, 0.1) is 18.7 Å². The fourth-order valence-electron chi connectivity index (χ4n) is 1.78. The van der Waals surface area contributed by atoms with Crippen LogP contribution in [0.2, 0.25) is 5.02 Å². The molecule has 0 amide bonds. The number of nitrogens with one attached hydrogen (secondary N) is 1. The number of ether oxygens (including phenoxy) is 2. The van der Waals surface area contributed by atoms with Crippen molar-refractivity contribution in [2.45, 2.75) is 6.42 Å². The van der Waals surface area contributed by atoms with E-state index in [1.165, 1.54) is 0 Å². The van der Waals surface area contributed by atoms with Gasteiger partial charge in [-0.2, -0.15) is 0 Å². The molecule has 3 nitrogen and oxygen atoms in total. The molecule has 0 spiro atoms. The molecule has 1 aromatic carbocycles. The summed E-state index contributed by atoms with van der Waals surface area (Å²) in [6, 6.07) is 5.71. The molecule has 0 radical (unpaired) electrons. The van der Waals surface area contributed by atoms with Gasteiger partial charge in [-0.3, -0.25) is 0 Å². The van der Waals surface area contributed by atoms with Crippen molar-refractivity contribution in [2.24, 2.45) is 5.92 Å². The zero-order valence-corrected chi connectivity index (χ0v) is 10.1. The molecule has 1 unspecified atom stereocenters. The maximum atomic E-state index is 5.95. The van der Waals surface area contributed by atoms with Crippen LogP contribution in [-0.2, 0) is 4.74 Å². The maximum absolute atomic E-state index is 5.95. The van der Waals surface area contributed by atoms with Crippen LogP contribution < -0.4 is 10.1 Å². The number of benzene rings is 1. The third-order valence-electron chi connectivity index (χ3n) is 2.77. The lowest BCUT2D eigenvalue weighted by Gasteiger charge is -2.12. The summed E-state index contributed by atoms with van der Waals surface area (Å²) < 4.78 is 10.5. The van der Waals surface area contributed by atoms with Crippen molar-refractivity contribution < 1.29 is 9.47 Å². The van der Waals surface area contributed by atoms with Crippen LogP contribution in [0, 0.1) is 5.92 Å². The highest BCUT2D eigenvalue weighted by Gasteiger charge is 2.15. The zero-order chi connectivity index (χ0) is 11.4. The first-order valence-corrected chi connectivity index (χ1v) is 5.82. The van der Waals surface area contributed by atoms with Crippen molar-refractivity contribution >= 4 is 17.3 Å². The average Bonchev–Trinajstić information content (AvgIpc) is 2.81. The number of halogens is 1. The van der Waals surface area contributed by atoms with Crippen LogP contribution in [0.4, 0.5) is 5.69 Å². The van der Waals surface area contributed by atoms with Gasteiger partial charge in [-0.05, 0) is 18.6 Å². The molecule has 1 aromatic rings. The number of anilines is 1. The lowest BCUT2D eigenvalue weighted by Crippen LogP contribution is -2.13. The normalized spacial score (nSPS) is 19.8. The van der Waals surface area contributed by atoms with Crippen LogP contribution in [-0.4, -0.2) is 26.9 Å². The molecule has 1 N–H and O–H groups in total. The largest absolute Gasteiger partial charge is 0.495 e. The molecule has 1 saturated heterocycles. The van der Waals surface area contributed by atoms with E-state index in [0.29, 0.717) is 16.7 Å². The minimum absolute atomic E-state index is 0.613. The molecule has 0 aliphatic carbocycles. The summed E-state index contributed by atoms with van der Waals surface area (Å²) in [6.07, 6.45) is 1.14. The second kappa shape index (κ2) is 5.41. The minimum Gasteiger partial charge on any atom is -0.495 e. The topological polar surface area (TPSA) is 30.5 Å². The molecule has 1 atom stereocenters.